The van der Waals surface area contributed by atoms with Crippen LogP contribution >= 0.6 is 0 Å². The van der Waals surface area contributed by atoms with E-state index in [1.54, 1.807) is 23.9 Å². The number of rotatable bonds is 2. The van der Waals surface area contributed by atoms with E-state index in [-0.39, 0.29) is 5.82 Å². The molecule has 0 radical (unpaired) electrons. The van der Waals surface area contributed by atoms with E-state index in [1.165, 1.54) is 6.07 Å². The molecule has 0 aliphatic rings. The van der Waals surface area contributed by atoms with Crippen LogP contribution in [0.25, 0.3) is 0 Å². The quantitative estimate of drug-likeness (QED) is 0.842. The molecule has 2 aromatic rings. The predicted molar refractivity (Wildman–Crippen MR) is 61.6 cm³/mol. The Morgan fingerprint density at radius 1 is 1.31 bits per heavy atom. The molecular formula is C12H14FN3. The molecular weight excluding hydrogens is 205 g/mol. The number of hydrogen-bond acceptors (Lipinski definition) is 2. The molecule has 0 fully saturated rings. The van der Waals surface area contributed by atoms with Gasteiger partial charge in [0.1, 0.15) is 11.6 Å². The first-order valence-electron chi connectivity index (χ1n) is 5.11. The van der Waals surface area contributed by atoms with Crippen LogP contribution in [0.15, 0.2) is 24.4 Å². The number of nitrogens with zero attached hydrogens (tertiary/aromatic N) is 2. The Labute approximate surface area is 93.7 Å². The minimum Gasteiger partial charge on any atom is -0.384 e. The zero-order chi connectivity index (χ0) is 11.7. The molecule has 16 heavy (non-hydrogen) atoms. The van der Waals surface area contributed by atoms with Crippen LogP contribution in [-0.4, -0.2) is 9.78 Å². The lowest BCUT2D eigenvalue weighted by Gasteiger charge is -2.06. The van der Waals surface area contributed by atoms with Crippen molar-refractivity contribution in [3.05, 3.63) is 46.9 Å². The SMILES string of the molecule is Cc1ccc(Cn2ncc(C)c2N)cc1F. The third-order valence-electron chi connectivity index (χ3n) is 2.64. The van der Waals surface area contributed by atoms with Crippen LogP contribution in [0, 0.1) is 19.7 Å². The van der Waals surface area contributed by atoms with E-state index in [4.69, 9.17) is 5.73 Å². The zero-order valence-corrected chi connectivity index (χ0v) is 9.37. The highest BCUT2D eigenvalue weighted by molar-refractivity contribution is 5.38. The van der Waals surface area contributed by atoms with Gasteiger partial charge in [-0.15, -0.1) is 0 Å². The fraction of sp³-hybridized carbons (Fsp3) is 0.250. The summed E-state index contributed by atoms with van der Waals surface area (Å²) in [5, 5.41) is 4.13. The summed E-state index contributed by atoms with van der Waals surface area (Å²) in [4.78, 5) is 0. The molecule has 0 atom stereocenters. The molecule has 0 bridgehead atoms. The molecule has 2 N–H and O–H groups in total. The molecule has 3 nitrogen and oxygen atoms in total. The average Bonchev–Trinajstić information content (AvgIpc) is 2.55. The van der Waals surface area contributed by atoms with Gasteiger partial charge >= 0.3 is 0 Å². The maximum atomic E-state index is 13.3. The van der Waals surface area contributed by atoms with E-state index >= 15 is 0 Å². The van der Waals surface area contributed by atoms with Crippen LogP contribution in [0.4, 0.5) is 10.2 Å². The smallest absolute Gasteiger partial charge is 0.126 e. The Kier molecular flexibility index (Phi) is 2.64. The Morgan fingerprint density at radius 3 is 2.62 bits per heavy atom. The number of benzene rings is 1. The highest BCUT2D eigenvalue weighted by atomic mass is 19.1. The third-order valence-corrected chi connectivity index (χ3v) is 2.64. The van der Waals surface area contributed by atoms with Crippen LogP contribution in [0.3, 0.4) is 0 Å². The van der Waals surface area contributed by atoms with Crippen LogP contribution < -0.4 is 5.73 Å². The summed E-state index contributed by atoms with van der Waals surface area (Å²) in [6.45, 7) is 4.14. The van der Waals surface area contributed by atoms with E-state index in [0.717, 1.165) is 11.1 Å². The molecule has 0 spiro atoms. The number of nitrogens with two attached hydrogens (primary N) is 1. The maximum Gasteiger partial charge on any atom is 0.126 e. The number of nitrogen functional groups attached to an aromatic ring is 1. The van der Waals surface area contributed by atoms with Crippen molar-refractivity contribution in [2.75, 3.05) is 5.73 Å². The summed E-state index contributed by atoms with van der Waals surface area (Å²) < 4.78 is 15.0. The van der Waals surface area contributed by atoms with Crippen molar-refractivity contribution in [1.82, 2.24) is 9.78 Å². The van der Waals surface area contributed by atoms with Crippen molar-refractivity contribution < 1.29 is 4.39 Å². The highest BCUT2D eigenvalue weighted by Gasteiger charge is 2.05. The van der Waals surface area contributed by atoms with Gasteiger partial charge in [0, 0.05) is 5.56 Å². The molecule has 84 valence electrons. The Hall–Kier alpha value is -1.84. The second-order valence-electron chi connectivity index (χ2n) is 3.95. The molecule has 1 aromatic heterocycles. The van der Waals surface area contributed by atoms with Crippen LogP contribution in [0.5, 0.6) is 0 Å². The average molecular weight is 219 g/mol. The summed E-state index contributed by atoms with van der Waals surface area (Å²) in [5.41, 5.74) is 8.27. The standard InChI is InChI=1S/C12H14FN3/c1-8-3-4-10(5-11(8)13)7-16-12(14)9(2)6-15-16/h3-6H,7,14H2,1-2H3. The zero-order valence-electron chi connectivity index (χ0n) is 9.37. The molecule has 4 heteroatoms. The molecule has 0 amide bonds. The Balaban J connectivity index is 2.27. The monoisotopic (exact) mass is 219 g/mol. The van der Waals surface area contributed by atoms with Gasteiger partial charge in [-0.05, 0) is 31.0 Å². The van der Waals surface area contributed by atoms with Crippen molar-refractivity contribution in [3.63, 3.8) is 0 Å². The van der Waals surface area contributed by atoms with Crippen molar-refractivity contribution >= 4 is 5.82 Å². The lowest BCUT2D eigenvalue weighted by atomic mass is 10.1. The first-order valence-corrected chi connectivity index (χ1v) is 5.11. The van der Waals surface area contributed by atoms with Crippen molar-refractivity contribution in [2.24, 2.45) is 0 Å². The third kappa shape index (κ3) is 1.91. The van der Waals surface area contributed by atoms with E-state index in [2.05, 4.69) is 5.10 Å². The summed E-state index contributed by atoms with van der Waals surface area (Å²) >= 11 is 0. The number of halogens is 1. The first-order chi connectivity index (χ1) is 7.58. The second-order valence-corrected chi connectivity index (χ2v) is 3.95. The van der Waals surface area contributed by atoms with Crippen molar-refractivity contribution in [1.29, 1.82) is 0 Å². The molecule has 1 aromatic carbocycles. The fourth-order valence-electron chi connectivity index (χ4n) is 1.52. The minimum absolute atomic E-state index is 0.194. The van der Waals surface area contributed by atoms with Gasteiger partial charge in [0.15, 0.2) is 0 Å². The van der Waals surface area contributed by atoms with Gasteiger partial charge in [0.05, 0.1) is 12.7 Å². The van der Waals surface area contributed by atoms with Crippen molar-refractivity contribution in [3.8, 4) is 0 Å². The Bertz CT molecular complexity index is 517. The second kappa shape index (κ2) is 3.96. The largest absolute Gasteiger partial charge is 0.384 e. The van der Waals surface area contributed by atoms with E-state index < -0.39 is 0 Å². The number of hydrogen-bond donors (Lipinski definition) is 1. The topological polar surface area (TPSA) is 43.8 Å². The van der Waals surface area contributed by atoms with Crippen LogP contribution in [-0.2, 0) is 6.54 Å². The molecule has 0 saturated carbocycles. The summed E-state index contributed by atoms with van der Waals surface area (Å²) in [7, 11) is 0. The summed E-state index contributed by atoms with van der Waals surface area (Å²) in [5.74, 6) is 0.431. The highest BCUT2D eigenvalue weighted by Crippen LogP contribution is 2.14. The molecule has 0 aliphatic carbocycles. The summed E-state index contributed by atoms with van der Waals surface area (Å²) in [6, 6.07) is 5.16. The predicted octanol–water partition coefficient (Wildman–Crippen LogP) is 2.27. The van der Waals surface area contributed by atoms with Gasteiger partial charge in [-0.3, -0.25) is 0 Å². The number of aryl methyl sites for hydroxylation is 2. The Morgan fingerprint density at radius 2 is 2.06 bits per heavy atom. The van der Waals surface area contributed by atoms with Gasteiger partial charge < -0.3 is 5.73 Å². The van der Waals surface area contributed by atoms with E-state index in [0.29, 0.717) is 17.9 Å². The molecule has 0 unspecified atom stereocenters. The molecule has 0 saturated heterocycles. The minimum atomic E-state index is -0.194. The molecule has 2 rings (SSSR count). The summed E-state index contributed by atoms with van der Waals surface area (Å²) in [6.07, 6.45) is 1.71. The van der Waals surface area contributed by atoms with E-state index in [1.807, 2.05) is 13.0 Å². The van der Waals surface area contributed by atoms with Gasteiger partial charge in [-0.25, -0.2) is 9.07 Å². The maximum absolute atomic E-state index is 13.3. The lowest BCUT2D eigenvalue weighted by molar-refractivity contribution is 0.611. The van der Waals surface area contributed by atoms with Gasteiger partial charge in [-0.1, -0.05) is 12.1 Å². The number of anilines is 1. The number of aromatic nitrogens is 2. The van der Waals surface area contributed by atoms with Crippen LogP contribution in [0.2, 0.25) is 0 Å². The lowest BCUT2D eigenvalue weighted by Crippen LogP contribution is -2.06. The van der Waals surface area contributed by atoms with Crippen LogP contribution in [0.1, 0.15) is 16.7 Å². The van der Waals surface area contributed by atoms with Gasteiger partial charge in [0.2, 0.25) is 0 Å². The van der Waals surface area contributed by atoms with Crippen molar-refractivity contribution in [2.45, 2.75) is 20.4 Å². The van der Waals surface area contributed by atoms with E-state index in [9.17, 15) is 4.39 Å². The van der Waals surface area contributed by atoms with Gasteiger partial charge in [-0.2, -0.15) is 5.10 Å². The molecule has 1 heterocycles. The normalized spacial score (nSPS) is 10.7. The van der Waals surface area contributed by atoms with Gasteiger partial charge in [0.25, 0.3) is 0 Å². The fourth-order valence-corrected chi connectivity index (χ4v) is 1.52. The molecule has 0 aliphatic heterocycles. The first kappa shape index (κ1) is 10.7.